The molecule has 0 bridgehead atoms. The van der Waals surface area contributed by atoms with Gasteiger partial charge in [-0.2, -0.15) is 26.3 Å². The molecule has 0 aliphatic heterocycles. The molecule has 0 aromatic heterocycles. The summed E-state index contributed by atoms with van der Waals surface area (Å²) >= 11 is 6.35. The van der Waals surface area contributed by atoms with Gasteiger partial charge in [0, 0.05) is 8.95 Å². The molecule has 0 fully saturated rings. The van der Waals surface area contributed by atoms with Crippen LogP contribution in [0.2, 0.25) is 0 Å². The van der Waals surface area contributed by atoms with Crippen LogP contribution >= 0.6 is 31.9 Å². The van der Waals surface area contributed by atoms with E-state index in [-0.39, 0.29) is 11.1 Å². The van der Waals surface area contributed by atoms with Crippen LogP contribution in [-0.4, -0.2) is 12.4 Å². The first-order chi connectivity index (χ1) is 12.4. The molecule has 148 valence electrons. The Morgan fingerprint density at radius 1 is 0.630 bits per heavy atom. The minimum atomic E-state index is -4.60. The van der Waals surface area contributed by atoms with Crippen LogP contribution in [0.4, 0.5) is 26.3 Å². The normalized spacial score (nSPS) is 14.8. The first-order valence-electron chi connectivity index (χ1n) is 7.73. The number of benzene rings is 2. The summed E-state index contributed by atoms with van der Waals surface area (Å²) in [5.74, 6) is 0. The molecule has 2 aromatic carbocycles. The molecule has 0 radical (unpaired) electrons. The Balaban J connectivity index is 2.35. The summed E-state index contributed by atoms with van der Waals surface area (Å²) in [6.45, 7) is 0. The second kappa shape index (κ2) is 8.96. The summed E-state index contributed by atoms with van der Waals surface area (Å²) in [5, 5.41) is 0. The van der Waals surface area contributed by atoms with Crippen LogP contribution < -0.4 is 0 Å². The van der Waals surface area contributed by atoms with E-state index in [9.17, 15) is 26.3 Å². The topological polar surface area (TPSA) is 9.23 Å². The second-order valence-corrected chi connectivity index (χ2v) is 7.69. The monoisotopic (exact) mass is 518 g/mol. The van der Waals surface area contributed by atoms with E-state index in [1.807, 2.05) is 0 Å². The standard InChI is InChI=1S/C18H14Br2F6O/c19-13-5-1-11(2-6-13)15(9-17(21,22)23)27-16(10-18(24,25)26)12-3-7-14(20)8-4-12/h1-8,15-16H,9-10H2. The van der Waals surface area contributed by atoms with Crippen molar-refractivity contribution in [2.75, 3.05) is 0 Å². The van der Waals surface area contributed by atoms with Gasteiger partial charge in [-0.3, -0.25) is 0 Å². The van der Waals surface area contributed by atoms with Crippen molar-refractivity contribution in [3.63, 3.8) is 0 Å². The highest BCUT2D eigenvalue weighted by Gasteiger charge is 2.38. The largest absolute Gasteiger partial charge is 0.391 e. The fourth-order valence-corrected chi connectivity index (χ4v) is 2.99. The predicted molar refractivity (Wildman–Crippen MR) is 96.2 cm³/mol. The fraction of sp³-hybridized carbons (Fsp3) is 0.333. The molecule has 0 spiro atoms. The van der Waals surface area contributed by atoms with Gasteiger partial charge in [0.1, 0.15) is 0 Å². The molecule has 0 N–H and O–H groups in total. The molecule has 0 aliphatic carbocycles. The van der Waals surface area contributed by atoms with E-state index in [0.29, 0.717) is 8.95 Å². The van der Waals surface area contributed by atoms with Gasteiger partial charge < -0.3 is 4.74 Å². The SMILES string of the molecule is FC(F)(F)CC(OC(CC(F)(F)F)c1ccc(Br)cc1)c1ccc(Br)cc1. The van der Waals surface area contributed by atoms with Crippen LogP contribution in [0.3, 0.4) is 0 Å². The lowest BCUT2D eigenvalue weighted by atomic mass is 10.0. The average molecular weight is 520 g/mol. The Bertz CT molecular complexity index is 662. The highest BCUT2D eigenvalue weighted by molar-refractivity contribution is 9.10. The smallest absolute Gasteiger partial charge is 0.365 e. The van der Waals surface area contributed by atoms with Crippen LogP contribution in [-0.2, 0) is 4.74 Å². The van der Waals surface area contributed by atoms with Crippen molar-refractivity contribution in [1.82, 2.24) is 0 Å². The third-order valence-electron chi connectivity index (χ3n) is 3.65. The molecule has 1 nitrogen and oxygen atoms in total. The summed E-state index contributed by atoms with van der Waals surface area (Å²) in [6, 6.07) is 11.6. The number of hydrogen-bond donors (Lipinski definition) is 0. The molecule has 2 unspecified atom stereocenters. The maximum Gasteiger partial charge on any atom is 0.391 e. The van der Waals surface area contributed by atoms with E-state index in [0.717, 1.165) is 0 Å². The van der Waals surface area contributed by atoms with Crippen LogP contribution in [0.25, 0.3) is 0 Å². The third-order valence-corrected chi connectivity index (χ3v) is 4.70. The van der Waals surface area contributed by atoms with Crippen LogP contribution in [0.15, 0.2) is 57.5 Å². The summed E-state index contributed by atoms with van der Waals surface area (Å²) in [6.07, 6.45) is -15.1. The zero-order valence-corrected chi connectivity index (χ0v) is 16.8. The van der Waals surface area contributed by atoms with E-state index in [2.05, 4.69) is 31.9 Å². The van der Waals surface area contributed by atoms with Gasteiger partial charge in [0.2, 0.25) is 0 Å². The van der Waals surface area contributed by atoms with Gasteiger partial charge in [0.05, 0.1) is 25.0 Å². The van der Waals surface area contributed by atoms with Gasteiger partial charge >= 0.3 is 12.4 Å². The van der Waals surface area contributed by atoms with Gasteiger partial charge in [0.15, 0.2) is 0 Å². The second-order valence-electron chi connectivity index (χ2n) is 5.86. The molecule has 0 aliphatic rings. The van der Waals surface area contributed by atoms with Crippen molar-refractivity contribution in [3.8, 4) is 0 Å². The fourth-order valence-electron chi connectivity index (χ4n) is 2.46. The highest BCUT2D eigenvalue weighted by atomic mass is 79.9. The Morgan fingerprint density at radius 3 is 1.19 bits per heavy atom. The molecule has 2 aromatic rings. The molecule has 0 heterocycles. The average Bonchev–Trinajstić information content (AvgIpc) is 2.52. The number of ether oxygens (including phenoxy) is 1. The third kappa shape index (κ3) is 7.83. The van der Waals surface area contributed by atoms with Crippen LogP contribution in [0, 0.1) is 0 Å². The predicted octanol–water partition coefficient (Wildman–Crippen LogP) is 7.92. The van der Waals surface area contributed by atoms with Crippen molar-refractivity contribution in [3.05, 3.63) is 68.6 Å². The highest BCUT2D eigenvalue weighted by Crippen LogP contribution is 2.40. The minimum Gasteiger partial charge on any atom is -0.365 e. The Kier molecular flexibility index (Phi) is 7.38. The Morgan fingerprint density at radius 2 is 0.926 bits per heavy atom. The van der Waals surface area contributed by atoms with Gasteiger partial charge in [0.25, 0.3) is 0 Å². The molecular formula is C18H14Br2F6O. The van der Waals surface area contributed by atoms with Gasteiger partial charge in [-0.25, -0.2) is 0 Å². The van der Waals surface area contributed by atoms with Crippen molar-refractivity contribution in [2.24, 2.45) is 0 Å². The van der Waals surface area contributed by atoms with Crippen LogP contribution in [0.1, 0.15) is 36.2 Å². The molecular weight excluding hydrogens is 506 g/mol. The quantitative estimate of drug-likeness (QED) is 0.352. The van der Waals surface area contributed by atoms with Gasteiger partial charge in [-0.05, 0) is 35.4 Å². The van der Waals surface area contributed by atoms with E-state index in [1.165, 1.54) is 48.5 Å². The molecule has 27 heavy (non-hydrogen) atoms. The Labute approximate surface area is 169 Å². The van der Waals surface area contributed by atoms with Crippen LogP contribution in [0.5, 0.6) is 0 Å². The minimum absolute atomic E-state index is 0.153. The summed E-state index contributed by atoms with van der Waals surface area (Å²) in [5.41, 5.74) is 0.305. The van der Waals surface area contributed by atoms with Crippen molar-refractivity contribution in [2.45, 2.75) is 37.4 Å². The zero-order chi connectivity index (χ0) is 20.2. The summed E-state index contributed by atoms with van der Waals surface area (Å²) < 4.78 is 84.6. The number of rotatable bonds is 6. The first kappa shape index (κ1) is 22.2. The van der Waals surface area contributed by atoms with Crippen molar-refractivity contribution >= 4 is 31.9 Å². The van der Waals surface area contributed by atoms with E-state index >= 15 is 0 Å². The summed E-state index contributed by atoms with van der Waals surface area (Å²) in [7, 11) is 0. The summed E-state index contributed by atoms with van der Waals surface area (Å²) in [4.78, 5) is 0. The Hall–Kier alpha value is -1.06. The molecule has 2 atom stereocenters. The van der Waals surface area contributed by atoms with E-state index in [4.69, 9.17) is 4.74 Å². The first-order valence-corrected chi connectivity index (χ1v) is 9.31. The number of hydrogen-bond acceptors (Lipinski definition) is 1. The van der Waals surface area contributed by atoms with Crippen molar-refractivity contribution in [1.29, 1.82) is 0 Å². The number of alkyl halides is 6. The maximum absolute atomic E-state index is 13.0. The lowest BCUT2D eigenvalue weighted by molar-refractivity contribution is -0.193. The van der Waals surface area contributed by atoms with E-state index in [1.54, 1.807) is 0 Å². The van der Waals surface area contributed by atoms with E-state index < -0.39 is 37.4 Å². The number of halogens is 8. The molecule has 0 saturated carbocycles. The van der Waals surface area contributed by atoms with Gasteiger partial charge in [-0.15, -0.1) is 0 Å². The molecule has 0 amide bonds. The molecule has 9 heteroatoms. The zero-order valence-electron chi connectivity index (χ0n) is 13.6. The lowest BCUT2D eigenvalue weighted by Crippen LogP contribution is -2.22. The lowest BCUT2D eigenvalue weighted by Gasteiger charge is -2.27. The molecule has 0 saturated heterocycles. The van der Waals surface area contributed by atoms with Crippen molar-refractivity contribution < 1.29 is 31.1 Å². The maximum atomic E-state index is 13.0. The van der Waals surface area contributed by atoms with Gasteiger partial charge in [-0.1, -0.05) is 56.1 Å². The molecule has 2 rings (SSSR count).